The van der Waals surface area contributed by atoms with Crippen molar-refractivity contribution in [2.75, 3.05) is 19.8 Å². The lowest BCUT2D eigenvalue weighted by Crippen LogP contribution is -2.46. The van der Waals surface area contributed by atoms with E-state index in [1.165, 1.54) is 0 Å². The second kappa shape index (κ2) is 7.79. The molecule has 1 aromatic rings. The number of ether oxygens (including phenoxy) is 2. The van der Waals surface area contributed by atoms with Crippen LogP contribution in [-0.2, 0) is 4.74 Å². The van der Waals surface area contributed by atoms with Crippen LogP contribution in [0.4, 0.5) is 0 Å². The van der Waals surface area contributed by atoms with Crippen molar-refractivity contribution in [3.8, 4) is 5.75 Å². The van der Waals surface area contributed by atoms with Gasteiger partial charge in [-0.1, -0.05) is 0 Å². The molecule has 0 radical (unpaired) electrons. The first-order valence-corrected chi connectivity index (χ1v) is 8.59. The van der Waals surface area contributed by atoms with Gasteiger partial charge in [-0.3, -0.25) is 4.79 Å². The summed E-state index contributed by atoms with van der Waals surface area (Å²) in [5, 5.41) is 6.51. The van der Waals surface area contributed by atoms with Crippen LogP contribution in [0.25, 0.3) is 0 Å². The van der Waals surface area contributed by atoms with E-state index in [1.54, 1.807) is 0 Å². The third-order valence-electron chi connectivity index (χ3n) is 4.54. The second-order valence-corrected chi connectivity index (χ2v) is 6.52. The van der Waals surface area contributed by atoms with Crippen molar-refractivity contribution in [2.45, 2.75) is 50.8 Å². The molecule has 2 aliphatic rings. The van der Waals surface area contributed by atoms with Crippen LogP contribution < -0.4 is 15.4 Å². The Balaban J connectivity index is 1.48. The van der Waals surface area contributed by atoms with E-state index in [1.807, 2.05) is 24.3 Å². The van der Waals surface area contributed by atoms with Crippen LogP contribution in [0.1, 0.15) is 43.0 Å². The quantitative estimate of drug-likeness (QED) is 0.873. The van der Waals surface area contributed by atoms with Crippen LogP contribution in [0.15, 0.2) is 24.3 Å². The minimum Gasteiger partial charge on any atom is -0.491 e. The molecule has 2 saturated heterocycles. The highest BCUT2D eigenvalue weighted by Gasteiger charge is 2.20. The number of nitrogens with one attached hydrogen (secondary N) is 2. The first-order chi connectivity index (χ1) is 11.2. The van der Waals surface area contributed by atoms with Gasteiger partial charge in [0.2, 0.25) is 0 Å². The van der Waals surface area contributed by atoms with E-state index in [0.717, 1.165) is 44.6 Å². The Bertz CT molecular complexity index is 512. The SMILES string of the molecule is CC1CC(NC(=O)c2ccc(OCC3CCCO3)cc2)CCN1. The first-order valence-electron chi connectivity index (χ1n) is 8.59. The van der Waals surface area contributed by atoms with Crippen molar-refractivity contribution in [2.24, 2.45) is 0 Å². The molecule has 2 fully saturated rings. The molecule has 0 aliphatic carbocycles. The molecule has 5 nitrogen and oxygen atoms in total. The zero-order valence-electron chi connectivity index (χ0n) is 13.7. The summed E-state index contributed by atoms with van der Waals surface area (Å²) in [4.78, 5) is 12.3. The fraction of sp³-hybridized carbons (Fsp3) is 0.611. The molecular weight excluding hydrogens is 292 g/mol. The van der Waals surface area contributed by atoms with Crippen molar-refractivity contribution in [1.82, 2.24) is 10.6 Å². The summed E-state index contributed by atoms with van der Waals surface area (Å²) >= 11 is 0. The molecule has 23 heavy (non-hydrogen) atoms. The van der Waals surface area contributed by atoms with Crippen LogP contribution in [0, 0.1) is 0 Å². The second-order valence-electron chi connectivity index (χ2n) is 6.52. The molecule has 0 bridgehead atoms. The van der Waals surface area contributed by atoms with Gasteiger partial charge >= 0.3 is 0 Å². The summed E-state index contributed by atoms with van der Waals surface area (Å²) in [5.74, 6) is 0.780. The maximum Gasteiger partial charge on any atom is 0.251 e. The maximum atomic E-state index is 12.3. The number of carbonyl (C=O) groups is 1. The molecule has 3 unspecified atom stereocenters. The van der Waals surface area contributed by atoms with Gasteiger partial charge in [-0.25, -0.2) is 0 Å². The van der Waals surface area contributed by atoms with E-state index in [0.29, 0.717) is 18.2 Å². The normalized spacial score (nSPS) is 27.6. The molecule has 0 saturated carbocycles. The molecule has 2 N–H and O–H groups in total. The number of amides is 1. The number of rotatable bonds is 5. The molecule has 0 aromatic heterocycles. The van der Waals surface area contributed by atoms with Crippen molar-refractivity contribution in [1.29, 1.82) is 0 Å². The van der Waals surface area contributed by atoms with Gasteiger partial charge < -0.3 is 20.1 Å². The van der Waals surface area contributed by atoms with Crippen molar-refractivity contribution in [3.63, 3.8) is 0 Å². The number of piperidine rings is 1. The predicted molar refractivity (Wildman–Crippen MR) is 88.9 cm³/mol. The van der Waals surface area contributed by atoms with Crippen LogP contribution in [0.2, 0.25) is 0 Å². The van der Waals surface area contributed by atoms with Gasteiger partial charge in [0.1, 0.15) is 12.4 Å². The monoisotopic (exact) mass is 318 g/mol. The van der Waals surface area contributed by atoms with Crippen molar-refractivity contribution in [3.05, 3.63) is 29.8 Å². The van der Waals surface area contributed by atoms with E-state index in [2.05, 4.69) is 17.6 Å². The van der Waals surface area contributed by atoms with Gasteiger partial charge in [-0.15, -0.1) is 0 Å². The van der Waals surface area contributed by atoms with E-state index in [4.69, 9.17) is 9.47 Å². The van der Waals surface area contributed by atoms with E-state index >= 15 is 0 Å². The standard InChI is InChI=1S/C18H26N2O3/c1-13-11-15(8-9-19-13)20-18(21)14-4-6-16(7-5-14)23-12-17-3-2-10-22-17/h4-7,13,15,17,19H,2-3,8-12H2,1H3,(H,20,21). The highest BCUT2D eigenvalue weighted by molar-refractivity contribution is 5.94. The molecular formula is C18H26N2O3. The zero-order chi connectivity index (χ0) is 16.1. The van der Waals surface area contributed by atoms with Crippen molar-refractivity contribution >= 4 is 5.91 Å². The highest BCUT2D eigenvalue weighted by atomic mass is 16.5. The molecule has 1 aromatic carbocycles. The topological polar surface area (TPSA) is 59.6 Å². The minimum atomic E-state index is -0.00484. The Kier molecular flexibility index (Phi) is 5.51. The Labute approximate surface area is 137 Å². The Morgan fingerprint density at radius 1 is 1.35 bits per heavy atom. The lowest BCUT2D eigenvalue weighted by molar-refractivity contribution is 0.0679. The average Bonchev–Trinajstić information content (AvgIpc) is 3.07. The summed E-state index contributed by atoms with van der Waals surface area (Å²) in [6, 6.07) is 8.08. The first kappa shape index (κ1) is 16.3. The number of hydrogen-bond donors (Lipinski definition) is 2. The third kappa shape index (κ3) is 4.69. The van der Waals surface area contributed by atoms with E-state index in [9.17, 15) is 4.79 Å². The predicted octanol–water partition coefficient (Wildman–Crippen LogP) is 2.11. The molecule has 0 spiro atoms. The molecule has 1 amide bonds. The minimum absolute atomic E-state index is 0.00484. The lowest BCUT2D eigenvalue weighted by atomic mass is 10.0. The summed E-state index contributed by atoms with van der Waals surface area (Å²) in [6.07, 6.45) is 4.35. The fourth-order valence-corrected chi connectivity index (χ4v) is 3.20. The van der Waals surface area contributed by atoms with E-state index in [-0.39, 0.29) is 18.1 Å². The van der Waals surface area contributed by atoms with Crippen LogP contribution in [0.5, 0.6) is 5.75 Å². The molecule has 5 heteroatoms. The van der Waals surface area contributed by atoms with Crippen molar-refractivity contribution < 1.29 is 14.3 Å². The van der Waals surface area contributed by atoms with Gasteiger partial charge in [-0.2, -0.15) is 0 Å². The number of carbonyl (C=O) groups excluding carboxylic acids is 1. The third-order valence-corrected chi connectivity index (χ3v) is 4.54. The Morgan fingerprint density at radius 2 is 2.17 bits per heavy atom. The maximum absolute atomic E-state index is 12.3. The van der Waals surface area contributed by atoms with Gasteiger partial charge in [0.15, 0.2) is 0 Å². The van der Waals surface area contributed by atoms with Gasteiger partial charge in [0.05, 0.1) is 6.10 Å². The molecule has 2 heterocycles. The summed E-state index contributed by atoms with van der Waals surface area (Å²) in [7, 11) is 0. The Morgan fingerprint density at radius 3 is 2.87 bits per heavy atom. The van der Waals surface area contributed by atoms with Gasteiger partial charge in [0, 0.05) is 24.3 Å². The van der Waals surface area contributed by atoms with Crippen LogP contribution in [0.3, 0.4) is 0 Å². The summed E-state index contributed by atoms with van der Waals surface area (Å²) < 4.78 is 11.3. The Hall–Kier alpha value is -1.59. The number of benzene rings is 1. The van der Waals surface area contributed by atoms with Crippen LogP contribution in [-0.4, -0.2) is 43.9 Å². The van der Waals surface area contributed by atoms with E-state index < -0.39 is 0 Å². The van der Waals surface area contributed by atoms with Gasteiger partial charge in [0.25, 0.3) is 5.91 Å². The zero-order valence-corrected chi connectivity index (χ0v) is 13.7. The smallest absolute Gasteiger partial charge is 0.251 e. The molecule has 3 rings (SSSR count). The molecule has 2 aliphatic heterocycles. The average molecular weight is 318 g/mol. The number of hydrogen-bond acceptors (Lipinski definition) is 4. The molecule has 126 valence electrons. The fourth-order valence-electron chi connectivity index (χ4n) is 3.20. The molecule has 3 atom stereocenters. The van der Waals surface area contributed by atoms with Crippen LogP contribution >= 0.6 is 0 Å². The summed E-state index contributed by atoms with van der Waals surface area (Å²) in [5.41, 5.74) is 0.681. The highest BCUT2D eigenvalue weighted by Crippen LogP contribution is 2.17. The van der Waals surface area contributed by atoms with Gasteiger partial charge in [-0.05, 0) is 63.4 Å². The largest absolute Gasteiger partial charge is 0.491 e. The lowest BCUT2D eigenvalue weighted by Gasteiger charge is -2.28. The summed E-state index contributed by atoms with van der Waals surface area (Å²) in [6.45, 7) is 4.53.